The Morgan fingerprint density at radius 2 is 1.78 bits per heavy atom. The molecular formula is C28H40N4O4. The van der Waals surface area contributed by atoms with Crippen molar-refractivity contribution in [1.82, 2.24) is 14.9 Å². The van der Waals surface area contributed by atoms with Gasteiger partial charge < -0.3 is 19.7 Å². The molecule has 0 bridgehead atoms. The van der Waals surface area contributed by atoms with Crippen LogP contribution in [0.5, 0.6) is 11.5 Å². The normalized spacial score (nSPS) is 14.4. The number of hydrogen-bond acceptors (Lipinski definition) is 6. The summed E-state index contributed by atoms with van der Waals surface area (Å²) in [4.78, 5) is 35.3. The monoisotopic (exact) mass is 496 g/mol. The van der Waals surface area contributed by atoms with Gasteiger partial charge in [-0.2, -0.15) is 0 Å². The number of methoxy groups -OCH3 is 1. The molecule has 1 saturated heterocycles. The molecule has 2 aromatic rings. The van der Waals surface area contributed by atoms with E-state index < -0.39 is 0 Å². The Labute approximate surface area is 214 Å². The minimum absolute atomic E-state index is 0.0777. The third kappa shape index (κ3) is 7.93. The van der Waals surface area contributed by atoms with Crippen molar-refractivity contribution < 1.29 is 19.1 Å². The highest BCUT2D eigenvalue weighted by Crippen LogP contribution is 2.35. The molecule has 8 heteroatoms. The van der Waals surface area contributed by atoms with Gasteiger partial charge in [0, 0.05) is 31.0 Å². The summed E-state index contributed by atoms with van der Waals surface area (Å²) in [5, 5.41) is 3.60. The van der Waals surface area contributed by atoms with Crippen LogP contribution in [0.3, 0.4) is 0 Å². The highest BCUT2D eigenvalue weighted by molar-refractivity contribution is 6.00. The van der Waals surface area contributed by atoms with Gasteiger partial charge in [0.05, 0.1) is 19.2 Å². The van der Waals surface area contributed by atoms with Gasteiger partial charge >= 0.3 is 0 Å². The molecule has 0 atom stereocenters. The largest absolute Gasteiger partial charge is 0.493 e. The molecule has 2 amide bonds. The van der Waals surface area contributed by atoms with Gasteiger partial charge in [-0.3, -0.25) is 9.59 Å². The van der Waals surface area contributed by atoms with Crippen LogP contribution in [0, 0.1) is 10.8 Å². The minimum Gasteiger partial charge on any atom is -0.493 e. The second-order valence-corrected chi connectivity index (χ2v) is 11.3. The first-order chi connectivity index (χ1) is 17.0. The summed E-state index contributed by atoms with van der Waals surface area (Å²) in [6.07, 6.45) is 9.18. The second-order valence-electron chi connectivity index (χ2n) is 11.3. The average Bonchev–Trinajstić information content (AvgIpc) is 3.36. The van der Waals surface area contributed by atoms with Crippen LogP contribution >= 0.6 is 0 Å². The molecule has 1 aromatic carbocycles. The first-order valence-electron chi connectivity index (χ1n) is 12.7. The predicted molar refractivity (Wildman–Crippen MR) is 142 cm³/mol. The van der Waals surface area contributed by atoms with Gasteiger partial charge in [-0.1, -0.05) is 40.7 Å². The maximum Gasteiger partial charge on any atom is 0.246 e. The van der Waals surface area contributed by atoms with E-state index in [4.69, 9.17) is 9.47 Å². The Morgan fingerprint density at radius 3 is 2.44 bits per heavy atom. The van der Waals surface area contributed by atoms with Crippen LogP contribution in [0.25, 0.3) is 10.9 Å². The number of hydrogen-bond donors (Lipinski definition) is 1. The first-order valence-corrected chi connectivity index (χ1v) is 12.7. The molecule has 0 spiro atoms. The van der Waals surface area contributed by atoms with Crippen LogP contribution < -0.4 is 14.8 Å². The molecule has 0 aliphatic carbocycles. The number of nitrogens with one attached hydrogen (secondary N) is 1. The van der Waals surface area contributed by atoms with Crippen molar-refractivity contribution in [2.24, 2.45) is 10.8 Å². The number of amides is 2. The van der Waals surface area contributed by atoms with Gasteiger partial charge in [0.2, 0.25) is 11.8 Å². The number of nitrogens with zero attached hydrogens (tertiary/aromatic N) is 3. The summed E-state index contributed by atoms with van der Waals surface area (Å²) >= 11 is 0. The first kappa shape index (κ1) is 27.4. The SMILES string of the molecule is COc1cc2c(NC(=O)CCC(C)(C)C)ncnc2cc1OCCC(C)(C)/C=C/C(=O)N1CCCC1. The lowest BCUT2D eigenvalue weighted by Crippen LogP contribution is -2.26. The van der Waals surface area contributed by atoms with E-state index in [1.165, 1.54) is 6.33 Å². The summed E-state index contributed by atoms with van der Waals surface area (Å²) in [7, 11) is 1.58. The fourth-order valence-corrected chi connectivity index (χ4v) is 3.97. The third-order valence-corrected chi connectivity index (χ3v) is 6.38. The van der Waals surface area contributed by atoms with E-state index in [1.54, 1.807) is 25.3 Å². The van der Waals surface area contributed by atoms with Crippen LogP contribution in [0.15, 0.2) is 30.6 Å². The number of anilines is 1. The summed E-state index contributed by atoms with van der Waals surface area (Å²) in [5.74, 6) is 1.57. The summed E-state index contributed by atoms with van der Waals surface area (Å²) in [6.45, 7) is 12.6. The Bertz CT molecular complexity index is 1100. The van der Waals surface area contributed by atoms with Gasteiger partial charge in [0.15, 0.2) is 11.5 Å². The van der Waals surface area contributed by atoms with Crippen LogP contribution in [-0.4, -0.2) is 53.5 Å². The lowest BCUT2D eigenvalue weighted by molar-refractivity contribution is -0.125. The van der Waals surface area contributed by atoms with Gasteiger partial charge in [0.1, 0.15) is 12.1 Å². The molecule has 1 N–H and O–H groups in total. The highest BCUT2D eigenvalue weighted by atomic mass is 16.5. The van der Waals surface area contributed by atoms with Crippen LogP contribution in [0.1, 0.15) is 66.7 Å². The van der Waals surface area contributed by atoms with Crippen molar-refractivity contribution in [3.8, 4) is 11.5 Å². The van der Waals surface area contributed by atoms with E-state index in [-0.39, 0.29) is 22.6 Å². The summed E-state index contributed by atoms with van der Waals surface area (Å²) in [5.41, 5.74) is 0.530. The van der Waals surface area contributed by atoms with Crippen molar-refractivity contribution in [1.29, 1.82) is 0 Å². The van der Waals surface area contributed by atoms with Gasteiger partial charge in [-0.15, -0.1) is 0 Å². The minimum atomic E-state index is -0.202. The highest BCUT2D eigenvalue weighted by Gasteiger charge is 2.20. The average molecular weight is 497 g/mol. The molecular weight excluding hydrogens is 456 g/mol. The number of aromatic nitrogens is 2. The molecule has 36 heavy (non-hydrogen) atoms. The molecule has 1 fully saturated rings. The maximum atomic E-state index is 12.5. The Hall–Kier alpha value is -3.16. The third-order valence-electron chi connectivity index (χ3n) is 6.38. The standard InChI is InChI=1S/C28H40N4O4/c1-27(2,3)11-9-24(33)31-26-20-17-22(35-6)23(18-21(20)29-19-30-26)36-16-13-28(4,5)12-10-25(34)32-14-7-8-15-32/h10,12,17-19H,7-9,11,13-16H2,1-6H3,(H,29,30,31,33)/b12-10+. The van der Waals surface area contributed by atoms with Gasteiger partial charge in [-0.05, 0) is 48.7 Å². The van der Waals surface area contributed by atoms with Gasteiger partial charge in [0.25, 0.3) is 0 Å². The topological polar surface area (TPSA) is 93.6 Å². The number of rotatable bonds is 10. The predicted octanol–water partition coefficient (Wildman–Crippen LogP) is 5.38. The van der Waals surface area contributed by atoms with Crippen molar-refractivity contribution in [2.45, 2.75) is 66.7 Å². The number of ether oxygens (including phenoxy) is 2. The van der Waals surface area contributed by atoms with Gasteiger partial charge in [-0.25, -0.2) is 9.97 Å². The Morgan fingerprint density at radius 1 is 1.06 bits per heavy atom. The number of carbonyl (C=O) groups is 2. The van der Waals surface area contributed by atoms with Crippen molar-refractivity contribution in [3.05, 3.63) is 30.6 Å². The number of likely N-dealkylation sites (tertiary alicyclic amines) is 1. The molecule has 1 aliphatic rings. The lowest BCUT2D eigenvalue weighted by atomic mass is 9.89. The molecule has 1 aliphatic heterocycles. The molecule has 8 nitrogen and oxygen atoms in total. The molecule has 3 rings (SSSR count). The number of fused-ring (bicyclic) bond motifs is 1. The molecule has 0 radical (unpaired) electrons. The molecule has 1 aromatic heterocycles. The van der Waals surface area contributed by atoms with E-state index in [0.29, 0.717) is 41.2 Å². The van der Waals surface area contributed by atoms with Crippen molar-refractivity contribution in [3.63, 3.8) is 0 Å². The quantitative estimate of drug-likeness (QED) is 0.444. The van der Waals surface area contributed by atoms with Crippen LogP contribution in [0.2, 0.25) is 0 Å². The van der Waals surface area contributed by atoms with E-state index in [1.807, 2.05) is 11.0 Å². The Kier molecular flexibility index (Phi) is 8.93. The molecule has 196 valence electrons. The maximum absolute atomic E-state index is 12.5. The van der Waals surface area contributed by atoms with Crippen LogP contribution in [0.4, 0.5) is 5.82 Å². The lowest BCUT2D eigenvalue weighted by Gasteiger charge is -2.21. The summed E-state index contributed by atoms with van der Waals surface area (Å²) in [6, 6.07) is 3.60. The van der Waals surface area contributed by atoms with Crippen LogP contribution in [-0.2, 0) is 9.59 Å². The fraction of sp³-hybridized carbons (Fsp3) is 0.571. The molecule has 2 heterocycles. The van der Waals surface area contributed by atoms with E-state index in [9.17, 15) is 9.59 Å². The Balaban J connectivity index is 1.65. The number of benzene rings is 1. The van der Waals surface area contributed by atoms with E-state index in [0.717, 1.165) is 38.8 Å². The second kappa shape index (κ2) is 11.7. The molecule has 0 unspecified atom stereocenters. The smallest absolute Gasteiger partial charge is 0.246 e. The number of carbonyl (C=O) groups excluding carboxylic acids is 2. The zero-order valence-electron chi connectivity index (χ0n) is 22.5. The zero-order valence-corrected chi connectivity index (χ0v) is 22.5. The summed E-state index contributed by atoms with van der Waals surface area (Å²) < 4.78 is 11.6. The number of allylic oxidation sites excluding steroid dienone is 1. The van der Waals surface area contributed by atoms with Crippen molar-refractivity contribution in [2.75, 3.05) is 32.1 Å². The van der Waals surface area contributed by atoms with Crippen molar-refractivity contribution >= 4 is 28.5 Å². The van der Waals surface area contributed by atoms with E-state index >= 15 is 0 Å². The van der Waals surface area contributed by atoms with E-state index in [2.05, 4.69) is 49.9 Å². The zero-order chi connectivity index (χ0) is 26.3. The molecule has 0 saturated carbocycles. The fourth-order valence-electron chi connectivity index (χ4n) is 3.97.